The van der Waals surface area contributed by atoms with Gasteiger partial charge in [-0.05, 0) is 44.0 Å². The van der Waals surface area contributed by atoms with E-state index in [1.807, 2.05) is 0 Å². The second kappa shape index (κ2) is 5.08. The highest BCUT2D eigenvalue weighted by atomic mass is 32.2. The van der Waals surface area contributed by atoms with Crippen LogP contribution < -0.4 is 5.32 Å². The monoisotopic (exact) mass is 252 g/mol. The van der Waals surface area contributed by atoms with Crippen molar-refractivity contribution < 1.29 is 4.39 Å². The standard InChI is InChI=1S/C13H17FN2S/c1-3-13(2)8-9-17-12(16-13)15-11-6-4-10(14)5-7-11/h4-7H,3,8-9H2,1-2H3,(H,15,16). The Balaban J connectivity index is 2.10. The van der Waals surface area contributed by atoms with E-state index in [2.05, 4.69) is 19.2 Å². The van der Waals surface area contributed by atoms with Gasteiger partial charge in [0.1, 0.15) is 5.82 Å². The fourth-order valence-corrected chi connectivity index (χ4v) is 2.89. The van der Waals surface area contributed by atoms with Crippen molar-refractivity contribution in [3.8, 4) is 0 Å². The van der Waals surface area contributed by atoms with Crippen molar-refractivity contribution in [2.45, 2.75) is 32.2 Å². The van der Waals surface area contributed by atoms with Gasteiger partial charge in [0, 0.05) is 11.4 Å². The summed E-state index contributed by atoms with van der Waals surface area (Å²) >= 11 is 1.73. The number of aliphatic imine (C=N–C) groups is 1. The lowest BCUT2D eigenvalue weighted by Gasteiger charge is -2.29. The molecule has 0 amide bonds. The second-order valence-corrected chi connectivity index (χ2v) is 5.58. The lowest BCUT2D eigenvalue weighted by Crippen LogP contribution is -2.29. The molecular weight excluding hydrogens is 235 g/mol. The van der Waals surface area contributed by atoms with Crippen LogP contribution >= 0.6 is 11.8 Å². The second-order valence-electron chi connectivity index (χ2n) is 4.50. The minimum atomic E-state index is -0.216. The minimum Gasteiger partial charge on any atom is -0.335 e. The van der Waals surface area contributed by atoms with Crippen molar-refractivity contribution in [3.63, 3.8) is 0 Å². The van der Waals surface area contributed by atoms with E-state index in [-0.39, 0.29) is 11.4 Å². The molecule has 0 saturated carbocycles. The SMILES string of the molecule is CCC1(C)CCSC(Nc2ccc(F)cc2)=N1. The maximum Gasteiger partial charge on any atom is 0.161 e. The highest BCUT2D eigenvalue weighted by molar-refractivity contribution is 8.14. The Morgan fingerprint density at radius 3 is 2.76 bits per heavy atom. The number of hydrogen-bond donors (Lipinski definition) is 1. The summed E-state index contributed by atoms with van der Waals surface area (Å²) in [6, 6.07) is 6.37. The Kier molecular flexibility index (Phi) is 3.72. The molecule has 1 heterocycles. The molecule has 1 N–H and O–H groups in total. The van der Waals surface area contributed by atoms with E-state index in [9.17, 15) is 4.39 Å². The van der Waals surface area contributed by atoms with Crippen molar-refractivity contribution in [2.24, 2.45) is 4.99 Å². The molecule has 1 aliphatic heterocycles. The van der Waals surface area contributed by atoms with Gasteiger partial charge >= 0.3 is 0 Å². The average molecular weight is 252 g/mol. The predicted octanol–water partition coefficient (Wildman–Crippen LogP) is 3.90. The highest BCUT2D eigenvalue weighted by Crippen LogP contribution is 2.29. The zero-order chi connectivity index (χ0) is 12.3. The quantitative estimate of drug-likeness (QED) is 0.863. The van der Waals surface area contributed by atoms with Gasteiger partial charge in [-0.25, -0.2) is 4.39 Å². The van der Waals surface area contributed by atoms with E-state index in [1.54, 1.807) is 23.9 Å². The largest absolute Gasteiger partial charge is 0.335 e. The van der Waals surface area contributed by atoms with Crippen LogP contribution in [0.3, 0.4) is 0 Å². The Bertz CT molecular complexity index is 416. The van der Waals surface area contributed by atoms with Crippen LogP contribution in [0.2, 0.25) is 0 Å². The number of benzene rings is 1. The number of hydrogen-bond acceptors (Lipinski definition) is 3. The average Bonchev–Trinajstić information content (AvgIpc) is 2.32. The molecular formula is C13H17FN2S. The van der Waals surface area contributed by atoms with E-state index in [4.69, 9.17) is 4.99 Å². The Labute approximate surface area is 106 Å². The smallest absolute Gasteiger partial charge is 0.161 e. The molecule has 1 aromatic carbocycles. The first kappa shape index (κ1) is 12.4. The van der Waals surface area contributed by atoms with Crippen molar-refractivity contribution in [3.05, 3.63) is 30.1 Å². The summed E-state index contributed by atoms with van der Waals surface area (Å²) in [7, 11) is 0. The third kappa shape index (κ3) is 3.22. The third-order valence-electron chi connectivity index (χ3n) is 3.11. The van der Waals surface area contributed by atoms with Crippen LogP contribution in [0.5, 0.6) is 0 Å². The van der Waals surface area contributed by atoms with Gasteiger partial charge in [-0.3, -0.25) is 4.99 Å². The van der Waals surface area contributed by atoms with E-state index in [1.165, 1.54) is 12.1 Å². The molecule has 0 spiro atoms. The Hall–Kier alpha value is -1.03. The van der Waals surface area contributed by atoms with Crippen LogP contribution in [0.15, 0.2) is 29.3 Å². The van der Waals surface area contributed by atoms with Gasteiger partial charge in [-0.1, -0.05) is 18.7 Å². The van der Waals surface area contributed by atoms with Crippen LogP contribution in [0.1, 0.15) is 26.7 Å². The van der Waals surface area contributed by atoms with Crippen molar-refractivity contribution in [2.75, 3.05) is 11.1 Å². The van der Waals surface area contributed by atoms with Crippen LogP contribution in [-0.2, 0) is 0 Å². The zero-order valence-corrected chi connectivity index (χ0v) is 11.0. The van der Waals surface area contributed by atoms with E-state index >= 15 is 0 Å². The molecule has 2 rings (SSSR count). The van der Waals surface area contributed by atoms with Crippen LogP contribution in [0.4, 0.5) is 10.1 Å². The zero-order valence-electron chi connectivity index (χ0n) is 10.2. The highest BCUT2D eigenvalue weighted by Gasteiger charge is 2.25. The summed E-state index contributed by atoms with van der Waals surface area (Å²) in [4.78, 5) is 4.72. The topological polar surface area (TPSA) is 24.4 Å². The van der Waals surface area contributed by atoms with Gasteiger partial charge < -0.3 is 5.32 Å². The molecule has 0 fully saturated rings. The van der Waals surface area contributed by atoms with E-state index < -0.39 is 0 Å². The molecule has 2 nitrogen and oxygen atoms in total. The van der Waals surface area contributed by atoms with Crippen LogP contribution in [-0.4, -0.2) is 16.5 Å². The van der Waals surface area contributed by atoms with Gasteiger partial charge in [-0.2, -0.15) is 0 Å². The first-order valence-corrected chi connectivity index (χ1v) is 6.85. The predicted molar refractivity (Wildman–Crippen MR) is 73.2 cm³/mol. The maximum atomic E-state index is 12.8. The lowest BCUT2D eigenvalue weighted by molar-refractivity contribution is 0.443. The van der Waals surface area contributed by atoms with Crippen molar-refractivity contribution >= 4 is 22.6 Å². The number of halogens is 1. The van der Waals surface area contributed by atoms with Gasteiger partial charge in [0.25, 0.3) is 0 Å². The Morgan fingerprint density at radius 1 is 1.41 bits per heavy atom. The van der Waals surface area contributed by atoms with Gasteiger partial charge in [-0.15, -0.1) is 0 Å². The first-order valence-electron chi connectivity index (χ1n) is 5.86. The Morgan fingerprint density at radius 2 is 2.12 bits per heavy atom. The number of amidine groups is 1. The molecule has 0 radical (unpaired) electrons. The minimum absolute atomic E-state index is 0.0492. The molecule has 4 heteroatoms. The van der Waals surface area contributed by atoms with Gasteiger partial charge in [0.2, 0.25) is 0 Å². The molecule has 17 heavy (non-hydrogen) atoms. The summed E-state index contributed by atoms with van der Waals surface area (Å²) in [5.74, 6) is 0.865. The first-order chi connectivity index (χ1) is 8.11. The molecule has 0 saturated heterocycles. The fraction of sp³-hybridized carbons (Fsp3) is 0.462. The summed E-state index contributed by atoms with van der Waals surface area (Å²) in [5, 5.41) is 4.18. The van der Waals surface area contributed by atoms with E-state index in [0.717, 1.165) is 29.4 Å². The van der Waals surface area contributed by atoms with Crippen LogP contribution in [0, 0.1) is 5.82 Å². The number of nitrogens with zero attached hydrogens (tertiary/aromatic N) is 1. The molecule has 1 atom stereocenters. The summed E-state index contributed by atoms with van der Waals surface area (Å²) in [6.45, 7) is 4.34. The summed E-state index contributed by atoms with van der Waals surface area (Å²) in [5.41, 5.74) is 0.936. The molecule has 1 unspecified atom stereocenters. The summed E-state index contributed by atoms with van der Waals surface area (Å²) in [6.07, 6.45) is 2.16. The van der Waals surface area contributed by atoms with E-state index in [0.29, 0.717) is 0 Å². The number of thioether (sulfide) groups is 1. The van der Waals surface area contributed by atoms with Crippen molar-refractivity contribution in [1.29, 1.82) is 0 Å². The molecule has 1 aromatic rings. The van der Waals surface area contributed by atoms with Crippen LogP contribution in [0.25, 0.3) is 0 Å². The lowest BCUT2D eigenvalue weighted by atomic mass is 9.97. The number of nitrogens with one attached hydrogen (secondary N) is 1. The molecule has 0 aromatic heterocycles. The number of anilines is 1. The molecule has 1 aliphatic rings. The molecule has 92 valence electrons. The van der Waals surface area contributed by atoms with Crippen molar-refractivity contribution in [1.82, 2.24) is 0 Å². The van der Waals surface area contributed by atoms with Gasteiger partial charge in [0.15, 0.2) is 5.17 Å². The molecule has 0 bridgehead atoms. The maximum absolute atomic E-state index is 12.8. The summed E-state index contributed by atoms with van der Waals surface area (Å²) < 4.78 is 12.8. The molecule has 0 aliphatic carbocycles. The third-order valence-corrected chi connectivity index (χ3v) is 3.98. The van der Waals surface area contributed by atoms with Gasteiger partial charge in [0.05, 0.1) is 5.54 Å². The normalized spacial score (nSPS) is 24.3. The fourth-order valence-electron chi connectivity index (χ4n) is 1.68. The number of rotatable bonds is 2.